The molecule has 2 rings (SSSR count). The van der Waals surface area contributed by atoms with Gasteiger partial charge in [-0.25, -0.2) is 4.79 Å². The van der Waals surface area contributed by atoms with Gasteiger partial charge < -0.3 is 10.1 Å². The molecule has 0 unspecified atom stereocenters. The van der Waals surface area contributed by atoms with Crippen LogP contribution in [-0.2, 0) is 4.74 Å². The van der Waals surface area contributed by atoms with Crippen molar-refractivity contribution in [3.63, 3.8) is 0 Å². The molecule has 2 aromatic rings. The molecule has 0 aliphatic rings. The van der Waals surface area contributed by atoms with E-state index < -0.39 is 17.7 Å². The minimum absolute atomic E-state index is 0.319. The Morgan fingerprint density at radius 3 is 1.82 bits per heavy atom. The van der Waals surface area contributed by atoms with Gasteiger partial charge in [-0.1, -0.05) is 60.7 Å². The standard InChI is InChI=1S/C23H31N3O2/c1-22(2,3)26-25-20(18-15-11-8-12-16-18)19(17-13-9-7-10-14-17)24-21(27)28-23(4,5)6/h7-16,19-20H,1-6H3,(H,24,27)/t19-,20+/m1/s1. The molecule has 5 nitrogen and oxygen atoms in total. The van der Waals surface area contributed by atoms with Gasteiger partial charge >= 0.3 is 6.09 Å². The van der Waals surface area contributed by atoms with Gasteiger partial charge in [0.2, 0.25) is 0 Å². The Bertz CT molecular complexity index is 775. The second kappa shape index (κ2) is 9.00. The molecule has 1 amide bonds. The summed E-state index contributed by atoms with van der Waals surface area (Å²) in [5, 5.41) is 12.2. The third kappa shape index (κ3) is 7.14. The van der Waals surface area contributed by atoms with Gasteiger partial charge in [0.25, 0.3) is 0 Å². The maximum atomic E-state index is 12.6. The lowest BCUT2D eigenvalue weighted by Gasteiger charge is -2.28. The van der Waals surface area contributed by atoms with Crippen LogP contribution in [0, 0.1) is 0 Å². The first-order valence-electron chi connectivity index (χ1n) is 9.56. The molecule has 150 valence electrons. The second-order valence-electron chi connectivity index (χ2n) is 8.78. The highest BCUT2D eigenvalue weighted by Gasteiger charge is 2.29. The summed E-state index contributed by atoms with van der Waals surface area (Å²) in [5.41, 5.74) is 1.01. The van der Waals surface area contributed by atoms with E-state index in [0.29, 0.717) is 0 Å². The monoisotopic (exact) mass is 381 g/mol. The summed E-state index contributed by atoms with van der Waals surface area (Å²) in [6.07, 6.45) is -0.478. The SMILES string of the molecule is CC(C)(C)N=N[C@@H](c1ccccc1)[C@H](NC(=O)OC(C)(C)C)c1ccccc1. The molecule has 0 radical (unpaired) electrons. The summed E-state index contributed by atoms with van der Waals surface area (Å²) in [5.74, 6) is 0. The summed E-state index contributed by atoms with van der Waals surface area (Å²) in [6.45, 7) is 11.5. The van der Waals surface area contributed by atoms with Crippen LogP contribution in [-0.4, -0.2) is 17.2 Å². The lowest BCUT2D eigenvalue weighted by atomic mass is 9.94. The van der Waals surface area contributed by atoms with Crippen LogP contribution in [0.1, 0.15) is 64.8 Å². The first-order chi connectivity index (χ1) is 13.1. The Kier molecular flexibility index (Phi) is 6.95. The molecular formula is C23H31N3O2. The zero-order valence-electron chi connectivity index (χ0n) is 17.6. The number of rotatable bonds is 5. The number of hydrogen-bond acceptors (Lipinski definition) is 4. The fraction of sp³-hybridized carbons (Fsp3) is 0.435. The quantitative estimate of drug-likeness (QED) is 0.623. The van der Waals surface area contributed by atoms with Crippen molar-refractivity contribution in [2.75, 3.05) is 0 Å². The third-order valence-corrected chi connectivity index (χ3v) is 3.77. The molecule has 0 saturated heterocycles. The van der Waals surface area contributed by atoms with Crippen molar-refractivity contribution in [3.8, 4) is 0 Å². The van der Waals surface area contributed by atoms with Gasteiger partial charge in [-0.2, -0.15) is 10.2 Å². The molecule has 0 fully saturated rings. The first-order valence-corrected chi connectivity index (χ1v) is 9.56. The Balaban J connectivity index is 2.46. The first kappa shape index (κ1) is 21.6. The zero-order chi connectivity index (χ0) is 20.8. The Morgan fingerprint density at radius 1 is 0.857 bits per heavy atom. The van der Waals surface area contributed by atoms with Crippen molar-refractivity contribution in [1.82, 2.24) is 5.32 Å². The van der Waals surface area contributed by atoms with Crippen LogP contribution in [0.4, 0.5) is 4.79 Å². The summed E-state index contributed by atoms with van der Waals surface area (Å²) < 4.78 is 5.50. The average Bonchev–Trinajstić information content (AvgIpc) is 2.60. The summed E-state index contributed by atoms with van der Waals surface area (Å²) >= 11 is 0. The van der Waals surface area contributed by atoms with Crippen molar-refractivity contribution in [3.05, 3.63) is 71.8 Å². The Hall–Kier alpha value is -2.69. The highest BCUT2D eigenvalue weighted by atomic mass is 16.6. The fourth-order valence-electron chi connectivity index (χ4n) is 2.65. The van der Waals surface area contributed by atoms with Crippen molar-refractivity contribution < 1.29 is 9.53 Å². The minimum Gasteiger partial charge on any atom is -0.444 e. The molecule has 2 aromatic carbocycles. The number of carbonyl (C=O) groups is 1. The van der Waals surface area contributed by atoms with E-state index in [-0.39, 0.29) is 11.6 Å². The Labute approximate surface area is 168 Å². The number of amides is 1. The van der Waals surface area contributed by atoms with Gasteiger partial charge in [-0.3, -0.25) is 0 Å². The normalized spacial score (nSPS) is 14.5. The Morgan fingerprint density at radius 2 is 1.36 bits per heavy atom. The third-order valence-electron chi connectivity index (χ3n) is 3.77. The van der Waals surface area contributed by atoms with Gasteiger partial charge in [0.15, 0.2) is 0 Å². The maximum absolute atomic E-state index is 12.6. The van der Waals surface area contributed by atoms with Crippen molar-refractivity contribution in [2.45, 2.75) is 64.8 Å². The predicted molar refractivity (Wildman–Crippen MR) is 112 cm³/mol. The summed E-state index contributed by atoms with van der Waals surface area (Å²) in [7, 11) is 0. The van der Waals surface area contributed by atoms with E-state index in [1.807, 2.05) is 102 Å². The second-order valence-corrected chi connectivity index (χ2v) is 8.78. The highest BCUT2D eigenvalue weighted by molar-refractivity contribution is 5.68. The van der Waals surface area contributed by atoms with Crippen LogP contribution in [0.5, 0.6) is 0 Å². The molecule has 0 bridgehead atoms. The lowest BCUT2D eigenvalue weighted by Crippen LogP contribution is -2.37. The number of carbonyl (C=O) groups excluding carboxylic acids is 1. The van der Waals surface area contributed by atoms with E-state index in [1.165, 1.54) is 0 Å². The number of nitrogens with one attached hydrogen (secondary N) is 1. The number of azo groups is 1. The lowest BCUT2D eigenvalue weighted by molar-refractivity contribution is 0.0495. The number of benzene rings is 2. The molecule has 0 aliphatic carbocycles. The number of nitrogens with zero attached hydrogens (tertiary/aromatic N) is 2. The van der Waals surface area contributed by atoms with Crippen LogP contribution in [0.25, 0.3) is 0 Å². The van der Waals surface area contributed by atoms with Crippen LogP contribution in [0.15, 0.2) is 70.9 Å². The van der Waals surface area contributed by atoms with Gasteiger partial charge in [0.1, 0.15) is 11.6 Å². The van der Waals surface area contributed by atoms with E-state index in [9.17, 15) is 4.79 Å². The predicted octanol–water partition coefficient (Wildman–Crippen LogP) is 6.24. The smallest absolute Gasteiger partial charge is 0.408 e. The van der Waals surface area contributed by atoms with E-state index in [1.54, 1.807) is 0 Å². The van der Waals surface area contributed by atoms with E-state index in [4.69, 9.17) is 4.74 Å². The van der Waals surface area contributed by atoms with Gasteiger partial charge in [0.05, 0.1) is 11.6 Å². The molecule has 5 heteroatoms. The topological polar surface area (TPSA) is 63.0 Å². The van der Waals surface area contributed by atoms with Gasteiger partial charge in [-0.05, 0) is 52.7 Å². The minimum atomic E-state index is -0.583. The van der Waals surface area contributed by atoms with Crippen molar-refractivity contribution in [1.29, 1.82) is 0 Å². The van der Waals surface area contributed by atoms with E-state index >= 15 is 0 Å². The van der Waals surface area contributed by atoms with Crippen molar-refractivity contribution in [2.24, 2.45) is 10.2 Å². The van der Waals surface area contributed by atoms with Crippen LogP contribution < -0.4 is 5.32 Å². The number of ether oxygens (including phenoxy) is 1. The highest BCUT2D eigenvalue weighted by Crippen LogP contribution is 2.33. The largest absolute Gasteiger partial charge is 0.444 e. The van der Waals surface area contributed by atoms with Crippen molar-refractivity contribution >= 4 is 6.09 Å². The van der Waals surface area contributed by atoms with Crippen LogP contribution in [0.3, 0.4) is 0 Å². The molecule has 0 spiro atoms. The maximum Gasteiger partial charge on any atom is 0.408 e. The van der Waals surface area contributed by atoms with E-state index in [0.717, 1.165) is 11.1 Å². The fourth-order valence-corrected chi connectivity index (χ4v) is 2.65. The summed E-state index contributed by atoms with van der Waals surface area (Å²) in [4.78, 5) is 12.6. The molecule has 1 N–H and O–H groups in total. The molecular weight excluding hydrogens is 350 g/mol. The molecule has 2 atom stereocenters. The average molecular weight is 382 g/mol. The molecule has 0 aromatic heterocycles. The van der Waals surface area contributed by atoms with Gasteiger partial charge in [0, 0.05) is 0 Å². The molecule has 0 aliphatic heterocycles. The molecule has 0 heterocycles. The summed E-state index contributed by atoms with van der Waals surface area (Å²) in [6, 6.07) is 18.9. The van der Waals surface area contributed by atoms with Gasteiger partial charge in [-0.15, -0.1) is 0 Å². The number of hydrogen-bond donors (Lipinski definition) is 1. The van der Waals surface area contributed by atoms with Crippen LogP contribution >= 0.6 is 0 Å². The molecule has 28 heavy (non-hydrogen) atoms. The van der Waals surface area contributed by atoms with E-state index in [2.05, 4.69) is 15.5 Å². The number of alkyl carbamates (subject to hydrolysis) is 1. The molecule has 0 saturated carbocycles. The van der Waals surface area contributed by atoms with Crippen LogP contribution in [0.2, 0.25) is 0 Å². The zero-order valence-corrected chi connectivity index (χ0v) is 17.6.